The second-order valence-corrected chi connectivity index (χ2v) is 5.33. The molecule has 0 atom stereocenters. The summed E-state index contributed by atoms with van der Waals surface area (Å²) >= 11 is 1.02. The molecule has 0 fully saturated rings. The predicted molar refractivity (Wildman–Crippen MR) is 76.6 cm³/mol. The lowest BCUT2D eigenvalue weighted by Crippen LogP contribution is -2.27. The van der Waals surface area contributed by atoms with Crippen LogP contribution >= 0.6 is 11.8 Å². The molecule has 0 aliphatic rings. The molecule has 0 bridgehead atoms. The van der Waals surface area contributed by atoms with Gasteiger partial charge in [-0.15, -0.1) is 0 Å². The van der Waals surface area contributed by atoms with E-state index in [-0.39, 0.29) is 11.3 Å². The molecule has 1 aromatic heterocycles. The van der Waals surface area contributed by atoms with Gasteiger partial charge in [-0.2, -0.15) is 0 Å². The summed E-state index contributed by atoms with van der Waals surface area (Å²) in [7, 11) is 0. The van der Waals surface area contributed by atoms with Gasteiger partial charge in [0.05, 0.1) is 16.9 Å². The van der Waals surface area contributed by atoms with Crippen molar-refractivity contribution in [3.8, 4) is 0 Å². The Balaban J connectivity index is 2.51. The van der Waals surface area contributed by atoms with Crippen molar-refractivity contribution in [3.63, 3.8) is 0 Å². The van der Waals surface area contributed by atoms with Gasteiger partial charge in [-0.05, 0) is 18.6 Å². The molecule has 0 aliphatic heterocycles. The normalized spacial score (nSPS) is 10.8. The first-order valence-corrected chi connectivity index (χ1v) is 7.44. The van der Waals surface area contributed by atoms with Crippen LogP contribution < -0.4 is 10.7 Å². The van der Waals surface area contributed by atoms with Crippen LogP contribution in [0.4, 0.5) is 0 Å². The monoisotopic (exact) mass is 291 g/mol. The maximum atomic E-state index is 12.4. The SMILES string of the molecule is CCCCn1c(SCC(=O)[O-])nc2ccccc2c1=O. The summed E-state index contributed by atoms with van der Waals surface area (Å²) in [6.07, 6.45) is 1.79. The number of carbonyl (C=O) groups excluding carboxylic acids is 1. The first kappa shape index (κ1) is 14.6. The molecule has 20 heavy (non-hydrogen) atoms. The van der Waals surface area contributed by atoms with Gasteiger partial charge < -0.3 is 9.90 Å². The molecule has 2 aromatic rings. The highest BCUT2D eigenvalue weighted by Crippen LogP contribution is 2.17. The molecule has 0 radical (unpaired) electrons. The Hall–Kier alpha value is -1.82. The van der Waals surface area contributed by atoms with Crippen LogP contribution in [0.5, 0.6) is 0 Å². The highest BCUT2D eigenvalue weighted by molar-refractivity contribution is 7.99. The number of nitrogens with zero attached hydrogens (tertiary/aromatic N) is 2. The molecule has 5 nitrogen and oxygen atoms in total. The largest absolute Gasteiger partial charge is 0.549 e. The Morgan fingerprint density at radius 3 is 2.85 bits per heavy atom. The third-order valence-electron chi connectivity index (χ3n) is 2.88. The highest BCUT2D eigenvalue weighted by Gasteiger charge is 2.10. The second-order valence-electron chi connectivity index (χ2n) is 4.38. The van der Waals surface area contributed by atoms with Crippen molar-refractivity contribution in [3.05, 3.63) is 34.6 Å². The average molecular weight is 291 g/mol. The quantitative estimate of drug-likeness (QED) is 0.587. The number of aromatic nitrogens is 2. The van der Waals surface area contributed by atoms with Crippen LogP contribution in [0.3, 0.4) is 0 Å². The molecule has 1 aromatic carbocycles. The van der Waals surface area contributed by atoms with E-state index in [1.807, 2.05) is 6.92 Å². The molecule has 0 aliphatic carbocycles. The molecule has 106 valence electrons. The number of hydrogen-bond acceptors (Lipinski definition) is 5. The number of benzene rings is 1. The molecular weight excluding hydrogens is 276 g/mol. The number of carboxylic acid groups (broad SMARTS) is 1. The fourth-order valence-corrected chi connectivity index (χ4v) is 2.63. The number of carboxylic acids is 1. The van der Waals surface area contributed by atoms with Crippen molar-refractivity contribution in [2.75, 3.05) is 5.75 Å². The van der Waals surface area contributed by atoms with E-state index < -0.39 is 5.97 Å². The van der Waals surface area contributed by atoms with E-state index in [0.29, 0.717) is 22.6 Å². The van der Waals surface area contributed by atoms with Gasteiger partial charge >= 0.3 is 0 Å². The number of para-hydroxylation sites is 1. The Morgan fingerprint density at radius 1 is 1.40 bits per heavy atom. The maximum Gasteiger partial charge on any atom is 0.262 e. The summed E-state index contributed by atoms with van der Waals surface area (Å²) in [5.74, 6) is -1.38. The van der Waals surface area contributed by atoms with E-state index in [0.717, 1.165) is 24.6 Å². The van der Waals surface area contributed by atoms with Crippen molar-refractivity contribution >= 4 is 28.6 Å². The van der Waals surface area contributed by atoms with Crippen molar-refractivity contribution in [2.45, 2.75) is 31.5 Å². The van der Waals surface area contributed by atoms with Crippen LogP contribution in [0.25, 0.3) is 10.9 Å². The summed E-state index contributed by atoms with van der Waals surface area (Å²) in [6, 6.07) is 7.09. The Labute approximate surface area is 120 Å². The van der Waals surface area contributed by atoms with Gasteiger partial charge in [0.2, 0.25) is 0 Å². The second kappa shape index (κ2) is 6.56. The minimum Gasteiger partial charge on any atom is -0.549 e. The Kier molecular flexibility index (Phi) is 4.79. The molecule has 0 amide bonds. The third-order valence-corrected chi connectivity index (χ3v) is 3.83. The molecule has 0 saturated carbocycles. The lowest BCUT2D eigenvalue weighted by molar-refractivity contribution is -0.301. The van der Waals surface area contributed by atoms with Gasteiger partial charge in [-0.1, -0.05) is 37.2 Å². The number of rotatable bonds is 6. The van der Waals surface area contributed by atoms with Crippen LogP contribution in [0.1, 0.15) is 19.8 Å². The van der Waals surface area contributed by atoms with Gasteiger partial charge in [-0.3, -0.25) is 9.36 Å². The summed E-state index contributed by atoms with van der Waals surface area (Å²) < 4.78 is 1.56. The zero-order valence-electron chi connectivity index (χ0n) is 11.2. The van der Waals surface area contributed by atoms with Gasteiger partial charge in [-0.25, -0.2) is 4.98 Å². The molecule has 2 rings (SSSR count). The molecule has 0 N–H and O–H groups in total. The smallest absolute Gasteiger partial charge is 0.262 e. The van der Waals surface area contributed by atoms with Crippen molar-refractivity contribution < 1.29 is 9.90 Å². The van der Waals surface area contributed by atoms with E-state index >= 15 is 0 Å². The van der Waals surface area contributed by atoms with E-state index in [9.17, 15) is 14.7 Å². The molecule has 0 saturated heterocycles. The van der Waals surface area contributed by atoms with E-state index in [4.69, 9.17) is 0 Å². The van der Waals surface area contributed by atoms with E-state index in [2.05, 4.69) is 4.98 Å². The number of fused-ring (bicyclic) bond motifs is 1. The van der Waals surface area contributed by atoms with Gasteiger partial charge in [0.15, 0.2) is 5.16 Å². The lowest BCUT2D eigenvalue weighted by Gasteiger charge is -2.12. The van der Waals surface area contributed by atoms with Crippen LogP contribution in [0, 0.1) is 0 Å². The van der Waals surface area contributed by atoms with Crippen molar-refractivity contribution in [1.29, 1.82) is 0 Å². The molecule has 6 heteroatoms. The van der Waals surface area contributed by atoms with Gasteiger partial charge in [0, 0.05) is 12.3 Å². The number of aliphatic carboxylic acids is 1. The standard InChI is InChI=1S/C14H16N2O3S/c1-2-3-8-16-13(19)10-6-4-5-7-11(10)15-14(16)20-9-12(17)18/h4-7H,2-3,8-9H2,1H3,(H,17,18)/p-1. The Morgan fingerprint density at radius 2 is 2.15 bits per heavy atom. The maximum absolute atomic E-state index is 12.4. The summed E-state index contributed by atoms with van der Waals surface area (Å²) in [5, 5.41) is 11.6. The fraction of sp³-hybridized carbons (Fsp3) is 0.357. The van der Waals surface area contributed by atoms with E-state index in [1.54, 1.807) is 28.8 Å². The topological polar surface area (TPSA) is 75.0 Å². The van der Waals surface area contributed by atoms with E-state index in [1.165, 1.54) is 0 Å². The molecule has 1 heterocycles. The van der Waals surface area contributed by atoms with Crippen molar-refractivity contribution in [1.82, 2.24) is 9.55 Å². The van der Waals surface area contributed by atoms with Crippen LogP contribution in [0.2, 0.25) is 0 Å². The van der Waals surface area contributed by atoms with Gasteiger partial charge in [0.25, 0.3) is 5.56 Å². The van der Waals surface area contributed by atoms with Crippen LogP contribution in [-0.2, 0) is 11.3 Å². The summed E-state index contributed by atoms with van der Waals surface area (Å²) in [5.41, 5.74) is 0.469. The fourth-order valence-electron chi connectivity index (χ4n) is 1.89. The lowest BCUT2D eigenvalue weighted by atomic mass is 10.2. The number of carbonyl (C=O) groups is 1. The molecule has 0 unspecified atom stereocenters. The predicted octanol–water partition coefficient (Wildman–Crippen LogP) is 1.04. The van der Waals surface area contributed by atoms with Crippen LogP contribution in [-0.4, -0.2) is 21.3 Å². The average Bonchev–Trinajstić information content (AvgIpc) is 2.44. The zero-order valence-corrected chi connectivity index (χ0v) is 12.0. The third kappa shape index (κ3) is 3.19. The van der Waals surface area contributed by atoms with Crippen LogP contribution in [0.15, 0.2) is 34.2 Å². The molecular formula is C14H15N2O3S-. The highest BCUT2D eigenvalue weighted by atomic mass is 32.2. The number of hydrogen-bond donors (Lipinski definition) is 0. The van der Waals surface area contributed by atoms with Crippen molar-refractivity contribution in [2.24, 2.45) is 0 Å². The number of thioether (sulfide) groups is 1. The molecule has 0 spiro atoms. The summed E-state index contributed by atoms with van der Waals surface area (Å²) in [6.45, 7) is 2.58. The van der Waals surface area contributed by atoms with Gasteiger partial charge in [0.1, 0.15) is 0 Å². The summed E-state index contributed by atoms with van der Waals surface area (Å²) in [4.78, 5) is 27.4. The zero-order chi connectivity index (χ0) is 14.5. The first-order chi connectivity index (χ1) is 9.63. The minimum absolute atomic E-state index is 0.120. The minimum atomic E-state index is -1.17. The Bertz CT molecular complexity index is 682. The first-order valence-electron chi connectivity index (χ1n) is 6.45. The number of unbranched alkanes of at least 4 members (excludes halogenated alkanes) is 1.